The predicted molar refractivity (Wildman–Crippen MR) is 67.2 cm³/mol. The van der Waals surface area contributed by atoms with Gasteiger partial charge in [0.15, 0.2) is 0 Å². The topological polar surface area (TPSA) is 50.2 Å². The van der Waals surface area contributed by atoms with Crippen molar-refractivity contribution in [1.82, 2.24) is 0 Å². The SMILES string of the molecule is CC(=N)C(C)=CC=C(C)C1CC2C(C=O)C2O1. The minimum atomic E-state index is 0.153. The molecule has 92 valence electrons. The van der Waals surface area contributed by atoms with Crippen LogP contribution in [0.4, 0.5) is 0 Å². The highest BCUT2D eigenvalue weighted by molar-refractivity contribution is 5.95. The number of aldehydes is 1. The molecule has 1 aliphatic heterocycles. The maximum absolute atomic E-state index is 10.6. The Bertz CT molecular complexity index is 396. The summed E-state index contributed by atoms with van der Waals surface area (Å²) in [6, 6.07) is 0. The van der Waals surface area contributed by atoms with Crippen LogP contribution in [0.25, 0.3) is 0 Å². The summed E-state index contributed by atoms with van der Waals surface area (Å²) < 4.78 is 5.81. The van der Waals surface area contributed by atoms with Gasteiger partial charge in [0.05, 0.1) is 12.2 Å². The van der Waals surface area contributed by atoms with Crippen molar-refractivity contribution >= 4 is 12.0 Å². The van der Waals surface area contributed by atoms with E-state index in [-0.39, 0.29) is 18.1 Å². The van der Waals surface area contributed by atoms with Gasteiger partial charge < -0.3 is 14.9 Å². The second-order valence-corrected chi connectivity index (χ2v) is 5.09. The second kappa shape index (κ2) is 4.57. The van der Waals surface area contributed by atoms with Crippen LogP contribution in [-0.4, -0.2) is 24.2 Å². The zero-order valence-corrected chi connectivity index (χ0v) is 10.6. The third kappa shape index (κ3) is 2.39. The van der Waals surface area contributed by atoms with Gasteiger partial charge in [-0.2, -0.15) is 0 Å². The number of carbonyl (C=O) groups is 1. The molecule has 2 rings (SSSR count). The Hall–Kier alpha value is -1.22. The molecule has 4 atom stereocenters. The van der Waals surface area contributed by atoms with Crippen molar-refractivity contribution in [2.24, 2.45) is 11.8 Å². The van der Waals surface area contributed by atoms with E-state index in [1.54, 1.807) is 6.92 Å². The summed E-state index contributed by atoms with van der Waals surface area (Å²) in [5.41, 5.74) is 2.74. The van der Waals surface area contributed by atoms with Crippen LogP contribution in [0.1, 0.15) is 27.2 Å². The van der Waals surface area contributed by atoms with E-state index in [9.17, 15) is 4.79 Å². The fourth-order valence-electron chi connectivity index (χ4n) is 2.30. The Morgan fingerprint density at radius 2 is 2.00 bits per heavy atom. The molecule has 4 unspecified atom stereocenters. The highest BCUT2D eigenvalue weighted by Crippen LogP contribution is 2.51. The number of nitrogens with one attached hydrogen (secondary N) is 1. The Balaban J connectivity index is 1.93. The Morgan fingerprint density at radius 3 is 2.47 bits per heavy atom. The van der Waals surface area contributed by atoms with Crippen LogP contribution in [0.5, 0.6) is 0 Å². The molecule has 0 aromatic carbocycles. The molecule has 0 bridgehead atoms. The molecular formula is C14H19NO2. The van der Waals surface area contributed by atoms with Crippen molar-refractivity contribution in [1.29, 1.82) is 5.41 Å². The molecule has 3 heteroatoms. The zero-order chi connectivity index (χ0) is 12.6. The summed E-state index contributed by atoms with van der Waals surface area (Å²) in [5.74, 6) is 0.607. The molecule has 17 heavy (non-hydrogen) atoms. The van der Waals surface area contributed by atoms with E-state index in [4.69, 9.17) is 10.1 Å². The summed E-state index contributed by atoms with van der Waals surface area (Å²) in [5, 5.41) is 7.48. The normalized spacial score (nSPS) is 36.6. The maximum atomic E-state index is 10.6. The summed E-state index contributed by atoms with van der Waals surface area (Å²) in [4.78, 5) is 10.6. The Labute approximate surface area is 102 Å². The number of rotatable bonds is 4. The van der Waals surface area contributed by atoms with E-state index >= 15 is 0 Å². The number of fused-ring (bicyclic) bond motifs is 1. The van der Waals surface area contributed by atoms with Crippen molar-refractivity contribution in [3.05, 3.63) is 23.3 Å². The average Bonchev–Trinajstić information content (AvgIpc) is 2.77. The highest BCUT2D eigenvalue weighted by Gasteiger charge is 2.57. The van der Waals surface area contributed by atoms with Crippen molar-refractivity contribution in [2.75, 3.05) is 0 Å². The van der Waals surface area contributed by atoms with Crippen LogP contribution in [0.15, 0.2) is 23.3 Å². The first-order valence-electron chi connectivity index (χ1n) is 6.06. The van der Waals surface area contributed by atoms with E-state index in [0.717, 1.165) is 18.3 Å². The van der Waals surface area contributed by atoms with Gasteiger partial charge in [-0.15, -0.1) is 0 Å². The molecule has 1 N–H and O–H groups in total. The Kier molecular flexibility index (Phi) is 3.29. The lowest BCUT2D eigenvalue weighted by Gasteiger charge is -2.13. The van der Waals surface area contributed by atoms with Gasteiger partial charge in [-0.1, -0.05) is 12.2 Å². The first kappa shape index (κ1) is 12.2. The fourth-order valence-corrected chi connectivity index (χ4v) is 2.30. The van der Waals surface area contributed by atoms with Crippen LogP contribution in [0.3, 0.4) is 0 Å². The standard InChI is InChI=1S/C14H19NO2/c1-8(10(3)15)4-5-9(2)13-6-11-12(7-16)14(11)17-13/h4-5,7,11-15H,6H2,1-3H3. The molecule has 0 aromatic heterocycles. The molecule has 2 fully saturated rings. The molecule has 3 nitrogen and oxygen atoms in total. The monoisotopic (exact) mass is 233 g/mol. The van der Waals surface area contributed by atoms with Crippen LogP contribution in [0.2, 0.25) is 0 Å². The summed E-state index contributed by atoms with van der Waals surface area (Å²) in [6.07, 6.45) is 6.31. The minimum absolute atomic E-state index is 0.153. The fraction of sp³-hybridized carbons (Fsp3) is 0.571. The molecule has 1 saturated heterocycles. The van der Waals surface area contributed by atoms with E-state index < -0.39 is 0 Å². The number of carbonyl (C=O) groups excluding carboxylic acids is 1. The molecule has 1 saturated carbocycles. The van der Waals surface area contributed by atoms with E-state index in [1.165, 1.54) is 5.57 Å². The average molecular weight is 233 g/mol. The summed E-state index contributed by atoms with van der Waals surface area (Å²) in [7, 11) is 0. The van der Waals surface area contributed by atoms with Crippen molar-refractivity contribution in [2.45, 2.75) is 39.4 Å². The maximum Gasteiger partial charge on any atom is 0.126 e. The quantitative estimate of drug-likeness (QED) is 0.461. The molecular weight excluding hydrogens is 214 g/mol. The molecule has 1 heterocycles. The number of ether oxygens (including phenoxy) is 1. The van der Waals surface area contributed by atoms with E-state index in [1.807, 2.05) is 19.1 Å². The lowest BCUT2D eigenvalue weighted by atomic mass is 10.0. The first-order valence-corrected chi connectivity index (χ1v) is 6.06. The van der Waals surface area contributed by atoms with Gasteiger partial charge >= 0.3 is 0 Å². The van der Waals surface area contributed by atoms with Gasteiger partial charge in [0.2, 0.25) is 0 Å². The number of hydrogen-bond donors (Lipinski definition) is 1. The van der Waals surface area contributed by atoms with Gasteiger partial charge in [-0.05, 0) is 38.3 Å². The Morgan fingerprint density at radius 1 is 1.29 bits per heavy atom. The lowest BCUT2D eigenvalue weighted by Crippen LogP contribution is -2.13. The third-order valence-electron chi connectivity index (χ3n) is 3.82. The van der Waals surface area contributed by atoms with Crippen LogP contribution < -0.4 is 0 Å². The minimum Gasteiger partial charge on any atom is -0.370 e. The van der Waals surface area contributed by atoms with Crippen LogP contribution >= 0.6 is 0 Å². The van der Waals surface area contributed by atoms with Crippen LogP contribution in [0, 0.1) is 17.2 Å². The van der Waals surface area contributed by atoms with Crippen molar-refractivity contribution in [3.8, 4) is 0 Å². The van der Waals surface area contributed by atoms with Gasteiger partial charge in [-0.3, -0.25) is 0 Å². The zero-order valence-electron chi connectivity index (χ0n) is 10.6. The van der Waals surface area contributed by atoms with E-state index in [0.29, 0.717) is 11.6 Å². The predicted octanol–water partition coefficient (Wildman–Crippen LogP) is 2.52. The number of hydrogen-bond acceptors (Lipinski definition) is 3. The first-order chi connectivity index (χ1) is 8.04. The molecule has 0 radical (unpaired) electrons. The second-order valence-electron chi connectivity index (χ2n) is 5.09. The van der Waals surface area contributed by atoms with E-state index in [2.05, 4.69) is 6.92 Å². The molecule has 0 amide bonds. The molecule has 2 aliphatic rings. The van der Waals surface area contributed by atoms with Gasteiger partial charge in [0.25, 0.3) is 0 Å². The molecule has 0 aromatic rings. The molecule has 1 aliphatic carbocycles. The van der Waals surface area contributed by atoms with Gasteiger partial charge in [0.1, 0.15) is 6.29 Å². The van der Waals surface area contributed by atoms with Gasteiger partial charge in [-0.25, -0.2) is 0 Å². The lowest BCUT2D eigenvalue weighted by molar-refractivity contribution is -0.110. The number of allylic oxidation sites excluding steroid dienone is 3. The van der Waals surface area contributed by atoms with Gasteiger partial charge in [0, 0.05) is 17.5 Å². The largest absolute Gasteiger partial charge is 0.370 e. The third-order valence-corrected chi connectivity index (χ3v) is 3.82. The summed E-state index contributed by atoms with van der Waals surface area (Å²) in [6.45, 7) is 5.76. The summed E-state index contributed by atoms with van der Waals surface area (Å²) >= 11 is 0. The van der Waals surface area contributed by atoms with Crippen LogP contribution in [-0.2, 0) is 9.53 Å². The molecule has 0 spiro atoms. The highest BCUT2D eigenvalue weighted by atomic mass is 16.5. The van der Waals surface area contributed by atoms with Crippen molar-refractivity contribution < 1.29 is 9.53 Å². The smallest absolute Gasteiger partial charge is 0.126 e. The van der Waals surface area contributed by atoms with Crippen molar-refractivity contribution in [3.63, 3.8) is 0 Å².